The first-order valence-corrected chi connectivity index (χ1v) is 2.70. The quantitative estimate of drug-likeness (QED) is 0.508. The van der Waals surface area contributed by atoms with E-state index >= 15 is 0 Å². The Morgan fingerprint density at radius 2 is 1.86 bits per heavy atom. The minimum absolute atomic E-state index is 1.69. The molecule has 0 rings (SSSR count). The van der Waals surface area contributed by atoms with Gasteiger partial charge in [0.25, 0.3) is 0 Å². The van der Waals surface area contributed by atoms with E-state index in [0.29, 0.717) is 0 Å². The van der Waals surface area contributed by atoms with Crippen LogP contribution in [0.1, 0.15) is 6.92 Å². The molecule has 0 radical (unpaired) electrons. The van der Waals surface area contributed by atoms with Gasteiger partial charge in [0.15, 0.2) is 0 Å². The van der Waals surface area contributed by atoms with Crippen LogP contribution in [0.4, 0.5) is 0 Å². The molecule has 0 heterocycles. The van der Waals surface area contributed by atoms with Crippen molar-refractivity contribution in [2.45, 2.75) is 6.92 Å². The summed E-state index contributed by atoms with van der Waals surface area (Å²) >= 11 is 3.89. The van der Waals surface area contributed by atoms with Crippen LogP contribution in [0.25, 0.3) is 0 Å². The Kier molecular flexibility index (Phi) is 5.74. The molecule has 0 spiro atoms. The second kappa shape index (κ2) is 5.86. The molecule has 0 fully saturated rings. The summed E-state index contributed by atoms with van der Waals surface area (Å²) in [5, 5.41) is 0. The Bertz CT molecular complexity index is 90.4. The Labute approximate surface area is 52.1 Å². The molecule has 1 heteroatoms. The van der Waals surface area contributed by atoms with Crippen molar-refractivity contribution in [1.82, 2.24) is 0 Å². The minimum atomic E-state index is 1.69. The van der Waals surface area contributed by atoms with Crippen LogP contribution in [0, 0.1) is 0 Å². The molecular weight excluding hydrogens is 131 g/mol. The molecule has 0 N–H and O–H groups in total. The van der Waals surface area contributed by atoms with E-state index in [0.717, 1.165) is 0 Å². The van der Waals surface area contributed by atoms with Gasteiger partial charge in [0.2, 0.25) is 0 Å². The maximum atomic E-state index is 3.89. The van der Waals surface area contributed by atoms with Gasteiger partial charge in [0, 0.05) is 0 Å². The fourth-order valence-corrected chi connectivity index (χ4v) is 0.328. The molecule has 0 aromatic rings. The number of rotatable bonds is 2. The van der Waals surface area contributed by atoms with Crippen molar-refractivity contribution in [3.8, 4) is 0 Å². The topological polar surface area (TPSA) is 0 Å². The monoisotopic (exact) mass is 139 g/mol. The van der Waals surface area contributed by atoms with E-state index in [1.807, 2.05) is 31.2 Å². The summed E-state index contributed by atoms with van der Waals surface area (Å²) in [6.45, 7) is 1.97. The van der Waals surface area contributed by atoms with E-state index in [2.05, 4.69) is 15.3 Å². The van der Waals surface area contributed by atoms with Crippen molar-refractivity contribution in [3.63, 3.8) is 0 Å². The maximum absolute atomic E-state index is 3.89. The Balaban J connectivity index is 3.27. The zero-order chi connectivity index (χ0) is 5.54. The number of hydrogen-bond donors (Lipinski definition) is 0. The molecule has 41 valence electrons. The summed E-state index contributed by atoms with van der Waals surface area (Å²) in [5.41, 5.74) is 0. The van der Waals surface area contributed by atoms with Crippen molar-refractivity contribution in [3.05, 3.63) is 24.3 Å². The second-order valence-corrected chi connectivity index (χ2v) is 1.37. The molecule has 0 aliphatic carbocycles. The second-order valence-electron chi connectivity index (χ2n) is 1.02. The SMILES string of the molecule is C/C=C\C=C/[CH]=[Co]. The van der Waals surface area contributed by atoms with Gasteiger partial charge in [0.1, 0.15) is 0 Å². The average molecular weight is 139 g/mol. The number of allylic oxidation sites excluding steroid dienone is 4. The van der Waals surface area contributed by atoms with E-state index in [1.54, 1.807) is 4.96 Å². The summed E-state index contributed by atoms with van der Waals surface area (Å²) in [7, 11) is 0. The van der Waals surface area contributed by atoms with Gasteiger partial charge in [0.05, 0.1) is 0 Å². The Morgan fingerprint density at radius 1 is 1.14 bits per heavy atom. The van der Waals surface area contributed by atoms with E-state index in [4.69, 9.17) is 0 Å². The van der Waals surface area contributed by atoms with Gasteiger partial charge in [-0.1, -0.05) is 0 Å². The molecular formula is C6H8Co. The predicted molar refractivity (Wildman–Crippen MR) is 30.0 cm³/mol. The van der Waals surface area contributed by atoms with Gasteiger partial charge in [-0.2, -0.15) is 0 Å². The molecule has 0 unspecified atom stereocenters. The molecule has 0 bridgehead atoms. The van der Waals surface area contributed by atoms with Gasteiger partial charge >= 0.3 is 51.5 Å². The summed E-state index contributed by atoms with van der Waals surface area (Å²) < 4.78 is 0. The van der Waals surface area contributed by atoms with Gasteiger partial charge < -0.3 is 0 Å². The van der Waals surface area contributed by atoms with Crippen LogP contribution in [0.15, 0.2) is 24.3 Å². The fourth-order valence-electron chi connectivity index (χ4n) is 0.212. The third-order valence-corrected chi connectivity index (χ3v) is 0.679. The van der Waals surface area contributed by atoms with Gasteiger partial charge in [-0.25, -0.2) is 0 Å². The normalized spacial score (nSPS) is 11.1. The van der Waals surface area contributed by atoms with Crippen LogP contribution < -0.4 is 0 Å². The summed E-state index contributed by atoms with van der Waals surface area (Å²) in [6, 6.07) is 0. The first-order chi connectivity index (χ1) is 3.41. The van der Waals surface area contributed by atoms with E-state index in [-0.39, 0.29) is 0 Å². The molecule has 0 aromatic heterocycles. The molecule has 0 aliphatic heterocycles. The van der Waals surface area contributed by atoms with Gasteiger partial charge in [-0.05, 0) is 0 Å². The van der Waals surface area contributed by atoms with Crippen molar-refractivity contribution in [2.75, 3.05) is 0 Å². The molecule has 0 atom stereocenters. The van der Waals surface area contributed by atoms with Crippen LogP contribution in [0.2, 0.25) is 0 Å². The Hall–Kier alpha value is -0.144. The zero-order valence-electron chi connectivity index (χ0n) is 4.22. The van der Waals surface area contributed by atoms with Crippen molar-refractivity contribution in [2.24, 2.45) is 0 Å². The first kappa shape index (κ1) is 6.86. The standard InChI is InChI=1S/C6H8.Co/c1-3-5-6-4-2;/h1,3-6H,2H3;/b5-3-,6-4-;. The first-order valence-electron chi connectivity index (χ1n) is 2.10. The average Bonchev–Trinajstić information content (AvgIpc) is 1.69. The summed E-state index contributed by atoms with van der Waals surface area (Å²) in [5.74, 6) is 0. The van der Waals surface area contributed by atoms with Crippen LogP contribution >= 0.6 is 0 Å². The third-order valence-electron chi connectivity index (χ3n) is 0.479. The van der Waals surface area contributed by atoms with E-state index in [1.165, 1.54) is 0 Å². The molecule has 7 heavy (non-hydrogen) atoms. The Morgan fingerprint density at radius 3 is 2.29 bits per heavy atom. The molecule has 0 aromatic carbocycles. The number of hydrogen-bond acceptors (Lipinski definition) is 0. The van der Waals surface area contributed by atoms with E-state index < -0.39 is 0 Å². The van der Waals surface area contributed by atoms with Crippen LogP contribution in [0.5, 0.6) is 0 Å². The molecule has 0 saturated carbocycles. The zero-order valence-corrected chi connectivity index (χ0v) is 5.26. The molecule has 0 nitrogen and oxygen atoms in total. The van der Waals surface area contributed by atoms with Crippen LogP contribution in [-0.2, 0) is 15.3 Å². The van der Waals surface area contributed by atoms with Gasteiger partial charge in [-0.3, -0.25) is 0 Å². The third kappa shape index (κ3) is 5.86. The molecule has 0 saturated heterocycles. The fraction of sp³-hybridized carbons (Fsp3) is 0.167. The van der Waals surface area contributed by atoms with Gasteiger partial charge in [-0.15, -0.1) is 0 Å². The van der Waals surface area contributed by atoms with Crippen molar-refractivity contribution >= 4 is 4.96 Å². The van der Waals surface area contributed by atoms with Crippen LogP contribution in [-0.4, -0.2) is 4.96 Å². The summed E-state index contributed by atoms with van der Waals surface area (Å²) in [4.78, 5) is 1.69. The predicted octanol–water partition coefficient (Wildman–Crippen LogP) is 1.47. The molecule has 0 aliphatic rings. The summed E-state index contributed by atoms with van der Waals surface area (Å²) in [6.07, 6.45) is 7.70. The van der Waals surface area contributed by atoms with Crippen molar-refractivity contribution in [1.29, 1.82) is 0 Å². The van der Waals surface area contributed by atoms with E-state index in [9.17, 15) is 0 Å². The molecule has 0 amide bonds. The van der Waals surface area contributed by atoms with Crippen LogP contribution in [0.3, 0.4) is 0 Å². The van der Waals surface area contributed by atoms with Crippen molar-refractivity contribution < 1.29 is 15.3 Å².